The summed E-state index contributed by atoms with van der Waals surface area (Å²) in [6.45, 7) is 11.6. The van der Waals surface area contributed by atoms with Crippen molar-refractivity contribution in [3.05, 3.63) is 0 Å². The Morgan fingerprint density at radius 1 is 1.25 bits per heavy atom. The molecule has 1 saturated carbocycles. The number of nitrogens with zero attached hydrogens (tertiary/aromatic N) is 1. The molecule has 0 saturated heterocycles. The van der Waals surface area contributed by atoms with Gasteiger partial charge < -0.3 is 10.2 Å². The Labute approximate surface area is 102 Å². The summed E-state index contributed by atoms with van der Waals surface area (Å²) in [5.41, 5.74) is 0. The Morgan fingerprint density at radius 3 is 2.56 bits per heavy atom. The van der Waals surface area contributed by atoms with E-state index in [4.69, 9.17) is 0 Å². The van der Waals surface area contributed by atoms with Crippen molar-refractivity contribution in [1.82, 2.24) is 10.2 Å². The van der Waals surface area contributed by atoms with Crippen LogP contribution in [-0.2, 0) is 0 Å². The van der Waals surface area contributed by atoms with Crippen LogP contribution >= 0.6 is 0 Å². The van der Waals surface area contributed by atoms with Gasteiger partial charge in [-0.25, -0.2) is 0 Å². The van der Waals surface area contributed by atoms with Gasteiger partial charge in [-0.1, -0.05) is 20.3 Å². The average Bonchev–Trinajstić information content (AvgIpc) is 2.22. The van der Waals surface area contributed by atoms with Gasteiger partial charge >= 0.3 is 0 Å². The molecule has 0 heterocycles. The zero-order valence-corrected chi connectivity index (χ0v) is 11.8. The van der Waals surface area contributed by atoms with Gasteiger partial charge in [0.2, 0.25) is 0 Å². The molecule has 16 heavy (non-hydrogen) atoms. The lowest BCUT2D eigenvalue weighted by Crippen LogP contribution is -2.43. The molecule has 0 bridgehead atoms. The van der Waals surface area contributed by atoms with Gasteiger partial charge in [-0.2, -0.15) is 0 Å². The first kappa shape index (κ1) is 14.0. The lowest BCUT2D eigenvalue weighted by molar-refractivity contribution is 0.212. The van der Waals surface area contributed by atoms with Crippen LogP contribution in [0.2, 0.25) is 0 Å². The smallest absolute Gasteiger partial charge is 0.0107 e. The van der Waals surface area contributed by atoms with Crippen LogP contribution in [0.25, 0.3) is 0 Å². The molecule has 1 fully saturated rings. The van der Waals surface area contributed by atoms with Gasteiger partial charge in [-0.05, 0) is 45.6 Å². The highest BCUT2D eigenvalue weighted by Crippen LogP contribution is 2.28. The van der Waals surface area contributed by atoms with E-state index in [1.54, 1.807) is 0 Å². The second kappa shape index (κ2) is 6.61. The molecule has 2 heteroatoms. The van der Waals surface area contributed by atoms with E-state index in [9.17, 15) is 0 Å². The van der Waals surface area contributed by atoms with Gasteiger partial charge in [0.15, 0.2) is 0 Å². The largest absolute Gasteiger partial charge is 0.312 e. The SMILES string of the molecule is CC1CCC(C)C(NCCN(C)C(C)C)C1. The fourth-order valence-corrected chi connectivity index (χ4v) is 2.50. The number of nitrogens with one attached hydrogen (secondary N) is 1. The van der Waals surface area contributed by atoms with Crippen LogP contribution in [-0.4, -0.2) is 37.1 Å². The maximum Gasteiger partial charge on any atom is 0.0107 e. The third-order valence-electron chi connectivity index (χ3n) is 4.21. The summed E-state index contributed by atoms with van der Waals surface area (Å²) in [6, 6.07) is 1.41. The van der Waals surface area contributed by atoms with Gasteiger partial charge in [0.25, 0.3) is 0 Å². The Balaban J connectivity index is 2.20. The quantitative estimate of drug-likeness (QED) is 0.775. The minimum atomic E-state index is 0.657. The maximum atomic E-state index is 3.75. The summed E-state index contributed by atoms with van der Waals surface area (Å²) in [6.07, 6.45) is 4.19. The lowest BCUT2D eigenvalue weighted by Gasteiger charge is -2.34. The third kappa shape index (κ3) is 4.42. The summed E-state index contributed by atoms with van der Waals surface area (Å²) < 4.78 is 0. The summed E-state index contributed by atoms with van der Waals surface area (Å²) in [5.74, 6) is 1.78. The van der Waals surface area contributed by atoms with Crippen molar-refractivity contribution in [3.8, 4) is 0 Å². The Bertz CT molecular complexity index is 191. The molecule has 3 atom stereocenters. The van der Waals surface area contributed by atoms with Crippen LogP contribution in [0.1, 0.15) is 47.0 Å². The van der Waals surface area contributed by atoms with E-state index < -0.39 is 0 Å². The molecule has 0 spiro atoms. The van der Waals surface area contributed by atoms with E-state index in [1.165, 1.54) is 19.3 Å². The average molecular weight is 226 g/mol. The van der Waals surface area contributed by atoms with Crippen LogP contribution in [0, 0.1) is 11.8 Å². The van der Waals surface area contributed by atoms with Crippen molar-refractivity contribution in [2.24, 2.45) is 11.8 Å². The van der Waals surface area contributed by atoms with Gasteiger partial charge in [0.05, 0.1) is 0 Å². The first-order chi connectivity index (χ1) is 7.50. The zero-order valence-electron chi connectivity index (χ0n) is 11.8. The van der Waals surface area contributed by atoms with Gasteiger partial charge in [-0.15, -0.1) is 0 Å². The molecule has 96 valence electrons. The predicted molar refractivity (Wildman–Crippen MR) is 71.7 cm³/mol. The molecule has 1 rings (SSSR count). The second-order valence-electron chi connectivity index (χ2n) is 6.03. The molecular weight excluding hydrogens is 196 g/mol. The topological polar surface area (TPSA) is 15.3 Å². The molecule has 0 aromatic carbocycles. The monoisotopic (exact) mass is 226 g/mol. The summed E-state index contributed by atoms with van der Waals surface area (Å²) in [7, 11) is 2.21. The molecule has 1 aliphatic carbocycles. The molecule has 0 aliphatic heterocycles. The first-order valence-electron chi connectivity index (χ1n) is 6.94. The van der Waals surface area contributed by atoms with Crippen LogP contribution in [0.5, 0.6) is 0 Å². The number of likely N-dealkylation sites (N-methyl/N-ethyl adjacent to an activating group) is 1. The Kier molecular flexibility index (Phi) is 5.77. The van der Waals surface area contributed by atoms with Crippen molar-refractivity contribution < 1.29 is 0 Å². The minimum absolute atomic E-state index is 0.657. The first-order valence-corrected chi connectivity index (χ1v) is 6.94. The standard InChI is InChI=1S/C14H30N2/c1-11(2)16(5)9-8-15-14-10-12(3)6-7-13(14)4/h11-15H,6-10H2,1-5H3. The van der Waals surface area contributed by atoms with Gasteiger partial charge in [-0.3, -0.25) is 0 Å². The molecule has 0 aromatic rings. The highest BCUT2D eigenvalue weighted by Gasteiger charge is 2.24. The normalized spacial score (nSPS) is 31.3. The molecule has 0 amide bonds. The van der Waals surface area contributed by atoms with Gasteiger partial charge in [0, 0.05) is 25.2 Å². The Hall–Kier alpha value is -0.0800. The lowest BCUT2D eigenvalue weighted by atomic mass is 9.80. The van der Waals surface area contributed by atoms with E-state index in [2.05, 4.69) is 45.0 Å². The fraction of sp³-hybridized carbons (Fsp3) is 1.00. The van der Waals surface area contributed by atoms with E-state index in [1.807, 2.05) is 0 Å². The third-order valence-corrected chi connectivity index (χ3v) is 4.21. The predicted octanol–water partition coefficient (Wildman–Crippen LogP) is 2.74. The highest BCUT2D eigenvalue weighted by molar-refractivity contribution is 4.81. The van der Waals surface area contributed by atoms with E-state index >= 15 is 0 Å². The van der Waals surface area contributed by atoms with E-state index in [0.29, 0.717) is 6.04 Å². The highest BCUT2D eigenvalue weighted by atomic mass is 15.1. The fourth-order valence-electron chi connectivity index (χ4n) is 2.50. The minimum Gasteiger partial charge on any atom is -0.312 e. The number of hydrogen-bond acceptors (Lipinski definition) is 2. The van der Waals surface area contributed by atoms with Crippen LogP contribution < -0.4 is 5.32 Å². The van der Waals surface area contributed by atoms with Crippen molar-refractivity contribution in [1.29, 1.82) is 0 Å². The Morgan fingerprint density at radius 2 is 1.94 bits per heavy atom. The molecule has 3 unspecified atom stereocenters. The zero-order chi connectivity index (χ0) is 12.1. The van der Waals surface area contributed by atoms with Crippen LogP contribution in [0.4, 0.5) is 0 Å². The maximum absolute atomic E-state index is 3.75. The van der Waals surface area contributed by atoms with E-state index in [0.717, 1.165) is 31.0 Å². The van der Waals surface area contributed by atoms with Crippen LogP contribution in [0.3, 0.4) is 0 Å². The molecule has 1 N–H and O–H groups in total. The van der Waals surface area contributed by atoms with Crippen LogP contribution in [0.15, 0.2) is 0 Å². The van der Waals surface area contributed by atoms with Crippen molar-refractivity contribution in [3.63, 3.8) is 0 Å². The molecule has 0 aromatic heterocycles. The summed E-state index contributed by atoms with van der Waals surface area (Å²) in [4.78, 5) is 2.41. The molecule has 1 aliphatic rings. The van der Waals surface area contributed by atoms with Crippen molar-refractivity contribution >= 4 is 0 Å². The van der Waals surface area contributed by atoms with Crippen molar-refractivity contribution in [2.75, 3.05) is 20.1 Å². The second-order valence-corrected chi connectivity index (χ2v) is 6.03. The number of hydrogen-bond donors (Lipinski definition) is 1. The summed E-state index contributed by atoms with van der Waals surface area (Å²) in [5, 5.41) is 3.75. The summed E-state index contributed by atoms with van der Waals surface area (Å²) >= 11 is 0. The molecular formula is C14H30N2. The van der Waals surface area contributed by atoms with Crippen molar-refractivity contribution in [2.45, 2.75) is 59.0 Å². The van der Waals surface area contributed by atoms with Gasteiger partial charge in [0.1, 0.15) is 0 Å². The molecule has 0 radical (unpaired) electrons. The van der Waals surface area contributed by atoms with E-state index in [-0.39, 0.29) is 0 Å². The molecule has 2 nitrogen and oxygen atoms in total. The number of rotatable bonds is 5.